The average molecular weight is 227 g/mol. The number of hydrogen-bond acceptors (Lipinski definition) is 2. The molecule has 1 saturated heterocycles. The van der Waals surface area contributed by atoms with Crippen LogP contribution in [0.4, 0.5) is 0 Å². The minimum atomic E-state index is 0.483. The van der Waals surface area contributed by atoms with Crippen molar-refractivity contribution in [3.05, 3.63) is 0 Å². The molecular formula is C14H29NO. The summed E-state index contributed by atoms with van der Waals surface area (Å²) in [6.07, 6.45) is 6.41. The lowest BCUT2D eigenvalue weighted by atomic mass is 9.76. The quantitative estimate of drug-likeness (QED) is 0.674. The molecule has 0 radical (unpaired) electrons. The van der Waals surface area contributed by atoms with Crippen LogP contribution in [0.15, 0.2) is 0 Å². The molecule has 16 heavy (non-hydrogen) atoms. The Morgan fingerprint density at radius 3 is 2.50 bits per heavy atom. The lowest BCUT2D eigenvalue weighted by Gasteiger charge is -2.34. The summed E-state index contributed by atoms with van der Waals surface area (Å²) < 4.78 is 5.43. The zero-order chi connectivity index (χ0) is 11.9. The molecule has 1 aliphatic rings. The highest BCUT2D eigenvalue weighted by atomic mass is 16.5. The monoisotopic (exact) mass is 227 g/mol. The van der Waals surface area contributed by atoms with Crippen LogP contribution in [-0.4, -0.2) is 26.3 Å². The first-order chi connectivity index (χ1) is 7.70. The average Bonchev–Trinajstić information content (AvgIpc) is 2.31. The summed E-state index contributed by atoms with van der Waals surface area (Å²) >= 11 is 0. The topological polar surface area (TPSA) is 21.3 Å². The SMILES string of the molecule is CCCNCC(C)(CC)CC1CCOCC1. The molecule has 2 nitrogen and oxygen atoms in total. The fraction of sp³-hybridized carbons (Fsp3) is 1.00. The minimum absolute atomic E-state index is 0.483. The summed E-state index contributed by atoms with van der Waals surface area (Å²) in [6.45, 7) is 11.3. The van der Waals surface area contributed by atoms with Gasteiger partial charge in [-0.05, 0) is 50.0 Å². The highest BCUT2D eigenvalue weighted by molar-refractivity contribution is 4.80. The molecule has 0 spiro atoms. The van der Waals surface area contributed by atoms with Crippen LogP contribution in [0.25, 0.3) is 0 Å². The highest BCUT2D eigenvalue weighted by Gasteiger charge is 2.27. The van der Waals surface area contributed by atoms with Crippen molar-refractivity contribution in [3.8, 4) is 0 Å². The van der Waals surface area contributed by atoms with Crippen LogP contribution in [0, 0.1) is 11.3 Å². The van der Waals surface area contributed by atoms with Crippen molar-refractivity contribution in [3.63, 3.8) is 0 Å². The first-order valence-corrected chi connectivity index (χ1v) is 6.98. The zero-order valence-electron chi connectivity index (χ0n) is 11.3. The van der Waals surface area contributed by atoms with Crippen LogP contribution < -0.4 is 5.32 Å². The van der Waals surface area contributed by atoms with E-state index in [9.17, 15) is 0 Å². The Balaban J connectivity index is 2.32. The van der Waals surface area contributed by atoms with Crippen LogP contribution in [0.2, 0.25) is 0 Å². The third kappa shape index (κ3) is 4.84. The van der Waals surface area contributed by atoms with Gasteiger partial charge in [-0.2, -0.15) is 0 Å². The van der Waals surface area contributed by atoms with Crippen LogP contribution in [0.5, 0.6) is 0 Å². The Labute approximate surface area is 101 Å². The van der Waals surface area contributed by atoms with E-state index in [2.05, 4.69) is 26.1 Å². The van der Waals surface area contributed by atoms with Crippen LogP contribution in [0.1, 0.15) is 52.9 Å². The van der Waals surface area contributed by atoms with Gasteiger partial charge in [0.05, 0.1) is 0 Å². The van der Waals surface area contributed by atoms with Gasteiger partial charge in [0.2, 0.25) is 0 Å². The molecular weight excluding hydrogens is 198 g/mol. The summed E-state index contributed by atoms with van der Waals surface area (Å²) in [7, 11) is 0. The largest absolute Gasteiger partial charge is 0.381 e. The van der Waals surface area contributed by atoms with Gasteiger partial charge in [0.25, 0.3) is 0 Å². The summed E-state index contributed by atoms with van der Waals surface area (Å²) in [4.78, 5) is 0. The minimum Gasteiger partial charge on any atom is -0.381 e. The van der Waals surface area contributed by atoms with Crippen molar-refractivity contribution in [2.24, 2.45) is 11.3 Å². The predicted molar refractivity (Wildman–Crippen MR) is 69.7 cm³/mol. The van der Waals surface area contributed by atoms with E-state index in [1.165, 1.54) is 38.6 Å². The van der Waals surface area contributed by atoms with Crippen molar-refractivity contribution in [1.82, 2.24) is 5.32 Å². The van der Waals surface area contributed by atoms with Crippen molar-refractivity contribution >= 4 is 0 Å². The standard InChI is InChI=1S/C14H29NO/c1-4-8-15-12-14(3,5-2)11-13-6-9-16-10-7-13/h13,15H,4-12H2,1-3H3. The van der Waals surface area contributed by atoms with Crippen LogP contribution in [-0.2, 0) is 4.74 Å². The molecule has 1 unspecified atom stereocenters. The molecule has 0 aromatic carbocycles. The van der Waals surface area contributed by atoms with Crippen molar-refractivity contribution in [1.29, 1.82) is 0 Å². The van der Waals surface area contributed by atoms with E-state index < -0.39 is 0 Å². The van der Waals surface area contributed by atoms with Gasteiger partial charge in [0, 0.05) is 19.8 Å². The zero-order valence-corrected chi connectivity index (χ0v) is 11.3. The van der Waals surface area contributed by atoms with Crippen molar-refractivity contribution in [2.45, 2.75) is 52.9 Å². The lowest BCUT2D eigenvalue weighted by molar-refractivity contribution is 0.0482. The van der Waals surface area contributed by atoms with E-state index in [1.807, 2.05) is 0 Å². The van der Waals surface area contributed by atoms with E-state index in [4.69, 9.17) is 4.74 Å². The molecule has 1 N–H and O–H groups in total. The molecule has 1 atom stereocenters. The molecule has 1 heterocycles. The highest BCUT2D eigenvalue weighted by Crippen LogP contribution is 2.33. The Morgan fingerprint density at radius 2 is 1.94 bits per heavy atom. The van der Waals surface area contributed by atoms with Gasteiger partial charge in [0.15, 0.2) is 0 Å². The number of ether oxygens (including phenoxy) is 1. The second-order valence-corrected chi connectivity index (χ2v) is 5.60. The molecule has 0 aromatic rings. The molecule has 1 fully saturated rings. The second kappa shape index (κ2) is 7.29. The summed E-state index contributed by atoms with van der Waals surface area (Å²) in [5.74, 6) is 0.891. The second-order valence-electron chi connectivity index (χ2n) is 5.60. The van der Waals surface area contributed by atoms with Gasteiger partial charge in [-0.1, -0.05) is 20.8 Å². The maximum Gasteiger partial charge on any atom is 0.0468 e. The van der Waals surface area contributed by atoms with Crippen molar-refractivity contribution in [2.75, 3.05) is 26.3 Å². The molecule has 1 rings (SSSR count). The molecule has 0 aliphatic carbocycles. The van der Waals surface area contributed by atoms with Gasteiger partial charge in [-0.25, -0.2) is 0 Å². The Hall–Kier alpha value is -0.0800. The molecule has 1 aliphatic heterocycles. The van der Waals surface area contributed by atoms with Gasteiger partial charge < -0.3 is 10.1 Å². The third-order valence-electron chi connectivity index (χ3n) is 3.95. The first-order valence-electron chi connectivity index (χ1n) is 6.98. The maximum absolute atomic E-state index is 5.43. The fourth-order valence-corrected chi connectivity index (χ4v) is 2.56. The fourth-order valence-electron chi connectivity index (χ4n) is 2.56. The first kappa shape index (κ1) is 14.0. The number of hydrogen-bond donors (Lipinski definition) is 1. The molecule has 0 aromatic heterocycles. The summed E-state index contributed by atoms with van der Waals surface area (Å²) in [5, 5.41) is 3.58. The van der Waals surface area contributed by atoms with Gasteiger partial charge in [-0.3, -0.25) is 0 Å². The number of rotatable bonds is 7. The van der Waals surface area contributed by atoms with Crippen LogP contribution in [0.3, 0.4) is 0 Å². The Bertz CT molecular complexity index is 178. The van der Waals surface area contributed by atoms with Gasteiger partial charge in [0.1, 0.15) is 0 Å². The Kier molecular flexibility index (Phi) is 6.37. The summed E-state index contributed by atoms with van der Waals surface area (Å²) in [6, 6.07) is 0. The molecule has 0 amide bonds. The van der Waals surface area contributed by atoms with Gasteiger partial charge >= 0.3 is 0 Å². The summed E-state index contributed by atoms with van der Waals surface area (Å²) in [5.41, 5.74) is 0.483. The normalized spacial score (nSPS) is 21.9. The number of nitrogens with one attached hydrogen (secondary N) is 1. The molecule has 0 saturated carbocycles. The molecule has 96 valence electrons. The van der Waals surface area contributed by atoms with Gasteiger partial charge in [-0.15, -0.1) is 0 Å². The Morgan fingerprint density at radius 1 is 1.25 bits per heavy atom. The smallest absolute Gasteiger partial charge is 0.0468 e. The lowest BCUT2D eigenvalue weighted by Crippen LogP contribution is -2.34. The van der Waals surface area contributed by atoms with E-state index in [0.717, 1.165) is 25.7 Å². The van der Waals surface area contributed by atoms with E-state index in [1.54, 1.807) is 0 Å². The van der Waals surface area contributed by atoms with Crippen LogP contribution >= 0.6 is 0 Å². The predicted octanol–water partition coefficient (Wildman–Crippen LogP) is 3.22. The maximum atomic E-state index is 5.43. The molecule has 2 heteroatoms. The molecule has 0 bridgehead atoms. The van der Waals surface area contributed by atoms with E-state index >= 15 is 0 Å². The van der Waals surface area contributed by atoms with Crippen molar-refractivity contribution < 1.29 is 4.74 Å². The van der Waals surface area contributed by atoms with E-state index in [-0.39, 0.29) is 0 Å². The third-order valence-corrected chi connectivity index (χ3v) is 3.95. The van der Waals surface area contributed by atoms with E-state index in [0.29, 0.717) is 5.41 Å².